The van der Waals surface area contributed by atoms with Crippen LogP contribution in [0.4, 0.5) is 13.2 Å². The SMILES string of the molecule is O=c1ccc(C(F)(F)F)cn1Cc1cn2cc(Cl)ccc2n1. The first kappa shape index (κ1) is 14.6. The van der Waals surface area contributed by atoms with Crippen LogP contribution in [-0.4, -0.2) is 14.0 Å². The number of hydrogen-bond acceptors (Lipinski definition) is 2. The number of halogens is 4. The molecule has 0 spiro atoms. The van der Waals surface area contributed by atoms with Crippen molar-refractivity contribution in [2.24, 2.45) is 0 Å². The quantitative estimate of drug-likeness (QED) is 0.725. The zero-order chi connectivity index (χ0) is 15.9. The van der Waals surface area contributed by atoms with E-state index in [1.54, 1.807) is 28.9 Å². The van der Waals surface area contributed by atoms with Gasteiger partial charge < -0.3 is 8.97 Å². The molecule has 3 aromatic heterocycles. The lowest BCUT2D eigenvalue weighted by atomic mass is 10.2. The van der Waals surface area contributed by atoms with E-state index < -0.39 is 17.3 Å². The number of aromatic nitrogens is 3. The second-order valence-electron chi connectivity index (χ2n) is 4.73. The van der Waals surface area contributed by atoms with Crippen molar-refractivity contribution in [3.05, 3.63) is 69.5 Å². The molecule has 22 heavy (non-hydrogen) atoms. The van der Waals surface area contributed by atoms with Crippen molar-refractivity contribution in [3.63, 3.8) is 0 Å². The highest BCUT2D eigenvalue weighted by atomic mass is 35.5. The summed E-state index contributed by atoms with van der Waals surface area (Å²) in [5.74, 6) is 0. The van der Waals surface area contributed by atoms with E-state index in [-0.39, 0.29) is 6.54 Å². The average molecular weight is 328 g/mol. The number of hydrogen-bond donors (Lipinski definition) is 0. The Morgan fingerprint density at radius 1 is 1.09 bits per heavy atom. The van der Waals surface area contributed by atoms with Gasteiger partial charge in [0.2, 0.25) is 0 Å². The van der Waals surface area contributed by atoms with Crippen molar-refractivity contribution in [1.29, 1.82) is 0 Å². The maximum Gasteiger partial charge on any atom is 0.417 e. The molecular formula is C14H9ClF3N3O. The molecule has 0 N–H and O–H groups in total. The standard InChI is InChI=1S/C14H9ClF3N3O/c15-10-2-3-12-19-11(7-20(12)6-10)8-21-5-9(14(16,17)18)1-4-13(21)22/h1-7H,8H2. The van der Waals surface area contributed by atoms with E-state index in [0.717, 1.165) is 22.9 Å². The highest BCUT2D eigenvalue weighted by molar-refractivity contribution is 6.30. The van der Waals surface area contributed by atoms with Gasteiger partial charge in [-0.1, -0.05) is 11.6 Å². The number of alkyl halides is 3. The van der Waals surface area contributed by atoms with Gasteiger partial charge in [-0.25, -0.2) is 4.98 Å². The Labute approximate surface area is 127 Å². The van der Waals surface area contributed by atoms with Crippen molar-refractivity contribution >= 4 is 17.2 Å². The van der Waals surface area contributed by atoms with Crippen LogP contribution in [0.15, 0.2) is 47.7 Å². The van der Waals surface area contributed by atoms with Crippen LogP contribution in [0.25, 0.3) is 5.65 Å². The van der Waals surface area contributed by atoms with Gasteiger partial charge in [0.05, 0.1) is 22.8 Å². The second kappa shape index (κ2) is 5.17. The Morgan fingerprint density at radius 3 is 2.59 bits per heavy atom. The number of fused-ring (bicyclic) bond motifs is 1. The summed E-state index contributed by atoms with van der Waals surface area (Å²) in [6.45, 7) is -0.0535. The molecular weight excluding hydrogens is 319 g/mol. The van der Waals surface area contributed by atoms with Crippen LogP contribution in [0.3, 0.4) is 0 Å². The lowest BCUT2D eigenvalue weighted by Gasteiger charge is -2.09. The highest BCUT2D eigenvalue weighted by Gasteiger charge is 2.31. The first-order valence-electron chi connectivity index (χ1n) is 6.24. The van der Waals surface area contributed by atoms with E-state index in [1.807, 2.05) is 0 Å². The van der Waals surface area contributed by atoms with E-state index in [4.69, 9.17) is 11.6 Å². The normalized spacial score (nSPS) is 12.0. The summed E-state index contributed by atoms with van der Waals surface area (Å²) in [5, 5.41) is 0.507. The molecule has 3 aromatic rings. The third-order valence-corrected chi connectivity index (χ3v) is 3.33. The van der Waals surface area contributed by atoms with Gasteiger partial charge in [0.15, 0.2) is 0 Å². The van der Waals surface area contributed by atoms with Crippen molar-refractivity contribution in [3.8, 4) is 0 Å². The molecule has 3 rings (SSSR count). The number of rotatable bonds is 2. The van der Waals surface area contributed by atoms with Crippen LogP contribution in [0.5, 0.6) is 0 Å². The predicted octanol–water partition coefficient (Wildman–Crippen LogP) is 3.22. The molecule has 0 atom stereocenters. The topological polar surface area (TPSA) is 39.3 Å². The molecule has 4 nitrogen and oxygen atoms in total. The van der Waals surface area contributed by atoms with Crippen LogP contribution in [0.1, 0.15) is 11.3 Å². The smallest absolute Gasteiger partial charge is 0.309 e. The first-order chi connectivity index (χ1) is 10.3. The zero-order valence-electron chi connectivity index (χ0n) is 11.0. The first-order valence-corrected chi connectivity index (χ1v) is 6.61. The summed E-state index contributed by atoms with van der Waals surface area (Å²) in [4.78, 5) is 16.0. The molecule has 0 saturated heterocycles. The molecule has 0 unspecified atom stereocenters. The van der Waals surface area contributed by atoms with Gasteiger partial charge in [0, 0.05) is 24.7 Å². The second-order valence-corrected chi connectivity index (χ2v) is 5.16. The molecule has 8 heteroatoms. The summed E-state index contributed by atoms with van der Waals surface area (Å²) in [7, 11) is 0. The Bertz CT molecular complexity index is 898. The molecule has 0 bridgehead atoms. The Kier molecular flexibility index (Phi) is 3.44. The summed E-state index contributed by atoms with van der Waals surface area (Å²) in [6, 6.07) is 5.00. The third-order valence-electron chi connectivity index (χ3n) is 3.11. The molecule has 0 fully saturated rings. The fourth-order valence-corrected chi connectivity index (χ4v) is 2.26. The fraction of sp³-hybridized carbons (Fsp3) is 0.143. The minimum atomic E-state index is -4.50. The molecule has 0 aliphatic rings. The van der Waals surface area contributed by atoms with Crippen LogP contribution in [-0.2, 0) is 12.7 Å². The number of pyridine rings is 2. The highest BCUT2D eigenvalue weighted by Crippen LogP contribution is 2.28. The van der Waals surface area contributed by atoms with Gasteiger partial charge >= 0.3 is 6.18 Å². The van der Waals surface area contributed by atoms with E-state index in [9.17, 15) is 18.0 Å². The number of imidazole rings is 1. The van der Waals surface area contributed by atoms with Crippen LogP contribution in [0, 0.1) is 0 Å². The predicted molar refractivity (Wildman–Crippen MR) is 75.0 cm³/mol. The van der Waals surface area contributed by atoms with E-state index >= 15 is 0 Å². The monoisotopic (exact) mass is 327 g/mol. The Hall–Kier alpha value is -2.28. The number of nitrogens with zero attached hydrogens (tertiary/aromatic N) is 3. The molecule has 114 valence electrons. The van der Waals surface area contributed by atoms with E-state index in [2.05, 4.69) is 4.98 Å². The van der Waals surface area contributed by atoms with Crippen molar-refractivity contribution in [2.75, 3.05) is 0 Å². The Morgan fingerprint density at radius 2 is 1.86 bits per heavy atom. The molecule has 0 saturated carbocycles. The average Bonchev–Trinajstić information content (AvgIpc) is 2.81. The van der Waals surface area contributed by atoms with Gasteiger partial charge in [-0.15, -0.1) is 0 Å². The Balaban J connectivity index is 1.99. The van der Waals surface area contributed by atoms with Crippen LogP contribution >= 0.6 is 11.6 Å². The lowest BCUT2D eigenvalue weighted by Crippen LogP contribution is -2.22. The van der Waals surface area contributed by atoms with Gasteiger partial charge in [-0.3, -0.25) is 4.79 Å². The van der Waals surface area contributed by atoms with Crippen molar-refractivity contribution < 1.29 is 13.2 Å². The minimum absolute atomic E-state index is 0.0535. The van der Waals surface area contributed by atoms with Gasteiger partial charge in [0.1, 0.15) is 5.65 Å². The molecule has 0 aliphatic heterocycles. The van der Waals surface area contributed by atoms with Crippen molar-refractivity contribution in [1.82, 2.24) is 14.0 Å². The van der Waals surface area contributed by atoms with E-state index in [0.29, 0.717) is 16.4 Å². The maximum absolute atomic E-state index is 12.7. The molecule has 0 amide bonds. The zero-order valence-corrected chi connectivity index (χ0v) is 11.8. The lowest BCUT2D eigenvalue weighted by molar-refractivity contribution is -0.138. The molecule has 0 aromatic carbocycles. The maximum atomic E-state index is 12.7. The third kappa shape index (κ3) is 2.85. The summed E-state index contributed by atoms with van der Waals surface area (Å²) >= 11 is 5.86. The van der Waals surface area contributed by atoms with Crippen molar-refractivity contribution in [2.45, 2.75) is 12.7 Å². The summed E-state index contributed by atoms with van der Waals surface area (Å²) in [5.41, 5.74) is -0.342. The largest absolute Gasteiger partial charge is 0.417 e. The van der Waals surface area contributed by atoms with Gasteiger partial charge in [-0.2, -0.15) is 13.2 Å². The molecule has 0 aliphatic carbocycles. The minimum Gasteiger partial charge on any atom is -0.309 e. The fourth-order valence-electron chi connectivity index (χ4n) is 2.09. The van der Waals surface area contributed by atoms with E-state index in [1.165, 1.54) is 0 Å². The molecule has 3 heterocycles. The van der Waals surface area contributed by atoms with Crippen LogP contribution in [0.2, 0.25) is 5.02 Å². The summed E-state index contributed by atoms with van der Waals surface area (Å²) < 4.78 is 40.7. The molecule has 0 radical (unpaired) electrons. The van der Waals surface area contributed by atoms with Gasteiger partial charge in [-0.05, 0) is 18.2 Å². The van der Waals surface area contributed by atoms with Crippen LogP contribution < -0.4 is 5.56 Å². The summed E-state index contributed by atoms with van der Waals surface area (Å²) in [6.07, 6.45) is -0.461. The van der Waals surface area contributed by atoms with Gasteiger partial charge in [0.25, 0.3) is 5.56 Å².